The van der Waals surface area contributed by atoms with Crippen molar-refractivity contribution >= 4 is 22.8 Å². The second kappa shape index (κ2) is 7.59. The molecule has 2 aliphatic heterocycles. The van der Waals surface area contributed by atoms with E-state index in [1.165, 1.54) is 6.07 Å². The molecule has 0 amide bonds. The molecule has 0 atom stereocenters. The van der Waals surface area contributed by atoms with Crippen molar-refractivity contribution < 1.29 is 9.72 Å². The summed E-state index contributed by atoms with van der Waals surface area (Å²) in [6, 6.07) is 13.0. The summed E-state index contributed by atoms with van der Waals surface area (Å²) >= 11 is 0. The Balaban J connectivity index is 1.69. The molecular formula is C24H27N3O3. The minimum absolute atomic E-state index is 0.00322. The van der Waals surface area contributed by atoms with Crippen LogP contribution in [-0.2, 0) is 5.41 Å². The van der Waals surface area contributed by atoms with Crippen molar-refractivity contribution in [2.75, 3.05) is 29.9 Å². The summed E-state index contributed by atoms with van der Waals surface area (Å²) in [5.41, 5.74) is 3.76. The highest BCUT2D eigenvalue weighted by Crippen LogP contribution is 2.46. The number of benzene rings is 2. The summed E-state index contributed by atoms with van der Waals surface area (Å²) in [7, 11) is 1.95. The molecule has 0 aromatic heterocycles. The van der Waals surface area contributed by atoms with Crippen LogP contribution in [0.5, 0.6) is 0 Å². The molecular weight excluding hydrogens is 378 g/mol. The maximum atomic E-state index is 13.1. The number of para-hydroxylation sites is 1. The first-order chi connectivity index (χ1) is 14.3. The topological polar surface area (TPSA) is 66.7 Å². The van der Waals surface area contributed by atoms with Crippen molar-refractivity contribution in [2.45, 2.75) is 38.5 Å². The standard InChI is InChI=1S/C24H27N3O3/c1-24(2)18-9-5-6-10-19(18)25(3)23(24)16-22(28)17-11-12-20(21(15-17)27(29)30)26-13-7-4-8-14-26/h5-6,9-12,15-16H,4,7-8,13-14H2,1-3H3/b23-16-. The molecule has 4 rings (SSSR count). The molecule has 0 spiro atoms. The number of nitrogens with zero attached hydrogens (tertiary/aromatic N) is 3. The van der Waals surface area contributed by atoms with Gasteiger partial charge >= 0.3 is 0 Å². The van der Waals surface area contributed by atoms with Gasteiger partial charge in [0.1, 0.15) is 5.69 Å². The lowest BCUT2D eigenvalue weighted by molar-refractivity contribution is -0.384. The van der Waals surface area contributed by atoms with Crippen LogP contribution >= 0.6 is 0 Å². The molecule has 6 nitrogen and oxygen atoms in total. The van der Waals surface area contributed by atoms with Crippen molar-refractivity contribution in [2.24, 2.45) is 0 Å². The fourth-order valence-corrected chi connectivity index (χ4v) is 4.69. The lowest BCUT2D eigenvalue weighted by Gasteiger charge is -2.28. The minimum atomic E-state index is -0.380. The van der Waals surface area contributed by atoms with Gasteiger partial charge in [-0.3, -0.25) is 14.9 Å². The molecule has 0 saturated carbocycles. The number of nitro groups is 1. The van der Waals surface area contributed by atoms with Crippen LogP contribution in [0.2, 0.25) is 0 Å². The van der Waals surface area contributed by atoms with Gasteiger partial charge in [-0.25, -0.2) is 0 Å². The predicted molar refractivity (Wildman–Crippen MR) is 119 cm³/mol. The van der Waals surface area contributed by atoms with E-state index in [1.54, 1.807) is 18.2 Å². The normalized spacial score (nSPS) is 19.1. The molecule has 1 fully saturated rings. The summed E-state index contributed by atoms with van der Waals surface area (Å²) in [6.45, 7) is 5.82. The average Bonchev–Trinajstić information content (AvgIpc) is 2.94. The zero-order chi connectivity index (χ0) is 21.5. The number of anilines is 2. The highest BCUT2D eigenvalue weighted by molar-refractivity contribution is 6.06. The summed E-state index contributed by atoms with van der Waals surface area (Å²) in [4.78, 5) is 28.5. The van der Waals surface area contributed by atoms with Gasteiger partial charge in [0.25, 0.3) is 5.69 Å². The van der Waals surface area contributed by atoms with Gasteiger partial charge in [0.05, 0.1) is 4.92 Å². The van der Waals surface area contributed by atoms with Crippen LogP contribution in [0.4, 0.5) is 17.1 Å². The first-order valence-corrected chi connectivity index (χ1v) is 10.4. The Kier molecular flexibility index (Phi) is 5.10. The van der Waals surface area contributed by atoms with E-state index in [-0.39, 0.29) is 21.8 Å². The summed E-state index contributed by atoms with van der Waals surface area (Å²) in [5, 5.41) is 11.7. The van der Waals surface area contributed by atoms with Gasteiger partial charge in [0.15, 0.2) is 5.78 Å². The number of carbonyl (C=O) groups excluding carboxylic acids is 1. The third-order valence-electron chi connectivity index (χ3n) is 6.36. The second-order valence-corrected chi connectivity index (χ2v) is 8.60. The van der Waals surface area contributed by atoms with Crippen molar-refractivity contribution in [3.8, 4) is 0 Å². The van der Waals surface area contributed by atoms with E-state index in [0.717, 1.165) is 49.3 Å². The van der Waals surface area contributed by atoms with Crippen LogP contribution in [0.25, 0.3) is 0 Å². The lowest BCUT2D eigenvalue weighted by atomic mass is 9.83. The zero-order valence-electron chi connectivity index (χ0n) is 17.7. The van der Waals surface area contributed by atoms with Crippen LogP contribution in [0.1, 0.15) is 49.0 Å². The number of rotatable bonds is 4. The van der Waals surface area contributed by atoms with E-state index in [9.17, 15) is 14.9 Å². The van der Waals surface area contributed by atoms with Crippen molar-refractivity contribution in [3.05, 3.63) is 75.5 Å². The lowest BCUT2D eigenvalue weighted by Crippen LogP contribution is -2.30. The maximum absolute atomic E-state index is 13.1. The number of hydrogen-bond donors (Lipinski definition) is 0. The molecule has 156 valence electrons. The third-order valence-corrected chi connectivity index (χ3v) is 6.36. The number of carbonyl (C=O) groups is 1. The first kappa shape index (κ1) is 20.1. The van der Waals surface area contributed by atoms with Crippen molar-refractivity contribution in [1.82, 2.24) is 0 Å². The number of piperidine rings is 1. The van der Waals surface area contributed by atoms with E-state index in [2.05, 4.69) is 24.8 Å². The third kappa shape index (κ3) is 3.36. The number of ketones is 1. The van der Waals surface area contributed by atoms with E-state index < -0.39 is 0 Å². The Labute approximate surface area is 177 Å². The van der Waals surface area contributed by atoms with E-state index in [1.807, 2.05) is 30.1 Å². The fourth-order valence-electron chi connectivity index (χ4n) is 4.69. The Bertz CT molecular complexity index is 1040. The quantitative estimate of drug-likeness (QED) is 0.307. The smallest absolute Gasteiger partial charge is 0.293 e. The van der Waals surface area contributed by atoms with Crippen LogP contribution in [0, 0.1) is 10.1 Å². The van der Waals surface area contributed by atoms with E-state index >= 15 is 0 Å². The highest BCUT2D eigenvalue weighted by atomic mass is 16.6. The van der Waals surface area contributed by atoms with Gasteiger partial charge < -0.3 is 9.80 Å². The Morgan fingerprint density at radius 2 is 1.77 bits per heavy atom. The molecule has 0 radical (unpaired) electrons. The highest BCUT2D eigenvalue weighted by Gasteiger charge is 2.38. The van der Waals surface area contributed by atoms with Gasteiger partial charge in [-0.1, -0.05) is 32.0 Å². The number of hydrogen-bond acceptors (Lipinski definition) is 5. The van der Waals surface area contributed by atoms with Gasteiger partial charge in [-0.2, -0.15) is 0 Å². The average molecular weight is 405 g/mol. The minimum Gasteiger partial charge on any atom is -0.366 e. The summed E-state index contributed by atoms with van der Waals surface area (Å²) in [6.07, 6.45) is 4.84. The van der Waals surface area contributed by atoms with Gasteiger partial charge in [0.2, 0.25) is 0 Å². The molecule has 0 unspecified atom stereocenters. The SMILES string of the molecule is CN1/C(=C\C(=O)c2ccc(N3CCCCC3)c([N+](=O)[O-])c2)C(C)(C)c2ccccc21. The Hall–Kier alpha value is -3.15. The molecule has 30 heavy (non-hydrogen) atoms. The largest absolute Gasteiger partial charge is 0.366 e. The fraction of sp³-hybridized carbons (Fsp3) is 0.375. The van der Waals surface area contributed by atoms with E-state index in [4.69, 9.17) is 0 Å². The van der Waals surface area contributed by atoms with E-state index in [0.29, 0.717) is 11.3 Å². The molecule has 0 aliphatic carbocycles. The Morgan fingerprint density at radius 3 is 2.43 bits per heavy atom. The van der Waals surface area contributed by atoms with Crippen LogP contribution in [0.15, 0.2) is 54.2 Å². The first-order valence-electron chi connectivity index (χ1n) is 10.4. The molecule has 2 heterocycles. The molecule has 0 N–H and O–H groups in total. The summed E-state index contributed by atoms with van der Waals surface area (Å²) < 4.78 is 0. The molecule has 2 aromatic rings. The number of nitro benzene ring substituents is 1. The number of fused-ring (bicyclic) bond motifs is 1. The maximum Gasteiger partial charge on any atom is 0.293 e. The van der Waals surface area contributed by atoms with Gasteiger partial charge in [0, 0.05) is 54.6 Å². The molecule has 0 bridgehead atoms. The number of allylic oxidation sites excluding steroid dienone is 2. The molecule has 2 aliphatic rings. The van der Waals surface area contributed by atoms with Gasteiger partial charge in [-0.05, 0) is 43.0 Å². The Morgan fingerprint density at radius 1 is 1.07 bits per heavy atom. The van der Waals surface area contributed by atoms with Crippen molar-refractivity contribution in [1.29, 1.82) is 0 Å². The van der Waals surface area contributed by atoms with Crippen molar-refractivity contribution in [3.63, 3.8) is 0 Å². The summed E-state index contributed by atoms with van der Waals surface area (Å²) in [5.74, 6) is -0.217. The molecule has 2 aromatic carbocycles. The number of likely N-dealkylation sites (N-methyl/N-ethyl adjacent to an activating group) is 1. The molecule has 1 saturated heterocycles. The monoisotopic (exact) mass is 405 g/mol. The van der Waals surface area contributed by atoms with Crippen LogP contribution in [-0.4, -0.2) is 30.8 Å². The zero-order valence-corrected chi connectivity index (χ0v) is 17.7. The predicted octanol–water partition coefficient (Wildman–Crippen LogP) is 5.08. The molecule has 6 heteroatoms. The van der Waals surface area contributed by atoms with Gasteiger partial charge in [-0.15, -0.1) is 0 Å². The second-order valence-electron chi connectivity index (χ2n) is 8.60. The van der Waals surface area contributed by atoms with Crippen LogP contribution < -0.4 is 9.80 Å². The van der Waals surface area contributed by atoms with Crippen LogP contribution in [0.3, 0.4) is 0 Å².